The Hall–Kier alpha value is -1.51. The lowest BCUT2D eigenvalue weighted by Crippen LogP contribution is -2.30. The summed E-state index contributed by atoms with van der Waals surface area (Å²) < 4.78 is 5.30. The molecule has 0 spiro atoms. The zero-order valence-electron chi connectivity index (χ0n) is 11.9. The number of ether oxygens (including phenoxy) is 1. The summed E-state index contributed by atoms with van der Waals surface area (Å²) in [6.45, 7) is 8.14. The second-order valence-corrected chi connectivity index (χ2v) is 5.77. The van der Waals surface area contributed by atoms with E-state index < -0.39 is 0 Å². The van der Waals surface area contributed by atoms with Gasteiger partial charge in [0.1, 0.15) is 5.75 Å². The molecule has 100 valence electrons. The molecular formula is C15H23NO2. The molecule has 1 unspecified atom stereocenters. The van der Waals surface area contributed by atoms with Gasteiger partial charge in [-0.25, -0.2) is 0 Å². The Morgan fingerprint density at radius 3 is 2.50 bits per heavy atom. The topological polar surface area (TPSA) is 38.3 Å². The SMILES string of the molecule is COc1ccccc1C(C)NC(=O)CC(C)(C)C. The highest BCUT2D eigenvalue weighted by atomic mass is 16.5. The summed E-state index contributed by atoms with van der Waals surface area (Å²) in [5, 5.41) is 3.01. The van der Waals surface area contributed by atoms with Crippen LogP contribution in [0.4, 0.5) is 0 Å². The van der Waals surface area contributed by atoms with Crippen molar-refractivity contribution in [1.82, 2.24) is 5.32 Å². The molecule has 0 radical (unpaired) electrons. The van der Waals surface area contributed by atoms with Crippen molar-refractivity contribution in [2.75, 3.05) is 7.11 Å². The second kappa shape index (κ2) is 5.89. The lowest BCUT2D eigenvalue weighted by atomic mass is 9.91. The number of carbonyl (C=O) groups excluding carboxylic acids is 1. The van der Waals surface area contributed by atoms with Gasteiger partial charge in [0.2, 0.25) is 5.91 Å². The molecule has 1 amide bonds. The van der Waals surface area contributed by atoms with Gasteiger partial charge in [-0.1, -0.05) is 39.0 Å². The number of hydrogen-bond donors (Lipinski definition) is 1. The summed E-state index contributed by atoms with van der Waals surface area (Å²) in [5.74, 6) is 0.877. The number of carbonyl (C=O) groups is 1. The first-order valence-electron chi connectivity index (χ1n) is 6.26. The molecule has 3 nitrogen and oxygen atoms in total. The van der Waals surface area contributed by atoms with E-state index in [4.69, 9.17) is 4.74 Å². The highest BCUT2D eigenvalue weighted by Crippen LogP contribution is 2.25. The van der Waals surface area contributed by atoms with Gasteiger partial charge in [-0.05, 0) is 18.4 Å². The molecule has 3 heteroatoms. The van der Waals surface area contributed by atoms with Crippen LogP contribution in [0.15, 0.2) is 24.3 Å². The third-order valence-corrected chi connectivity index (χ3v) is 2.67. The molecule has 0 saturated heterocycles. The van der Waals surface area contributed by atoms with Gasteiger partial charge in [0, 0.05) is 12.0 Å². The van der Waals surface area contributed by atoms with Gasteiger partial charge in [-0.2, -0.15) is 0 Å². The highest BCUT2D eigenvalue weighted by Gasteiger charge is 2.19. The summed E-state index contributed by atoms with van der Waals surface area (Å²) in [7, 11) is 1.64. The minimum Gasteiger partial charge on any atom is -0.496 e. The zero-order chi connectivity index (χ0) is 13.8. The average molecular weight is 249 g/mol. The van der Waals surface area contributed by atoms with Crippen LogP contribution in [-0.2, 0) is 4.79 Å². The Bertz CT molecular complexity index is 407. The van der Waals surface area contributed by atoms with Crippen LogP contribution in [0.2, 0.25) is 0 Å². The standard InChI is InChI=1S/C15H23NO2/c1-11(16-14(17)10-15(2,3)4)12-8-6-7-9-13(12)18-5/h6-9,11H,10H2,1-5H3,(H,16,17). The van der Waals surface area contributed by atoms with Crippen LogP contribution in [0, 0.1) is 5.41 Å². The number of amides is 1. The molecule has 0 aliphatic carbocycles. The summed E-state index contributed by atoms with van der Waals surface area (Å²) >= 11 is 0. The molecule has 1 N–H and O–H groups in total. The van der Waals surface area contributed by atoms with Gasteiger partial charge in [-0.15, -0.1) is 0 Å². The lowest BCUT2D eigenvalue weighted by molar-refractivity contribution is -0.123. The molecule has 0 saturated carbocycles. The van der Waals surface area contributed by atoms with E-state index in [9.17, 15) is 4.79 Å². The van der Waals surface area contributed by atoms with E-state index in [1.165, 1.54) is 0 Å². The van der Waals surface area contributed by atoms with Gasteiger partial charge in [0.15, 0.2) is 0 Å². The first-order chi connectivity index (χ1) is 8.33. The van der Waals surface area contributed by atoms with Crippen molar-refractivity contribution in [1.29, 1.82) is 0 Å². The van der Waals surface area contributed by atoms with Crippen molar-refractivity contribution >= 4 is 5.91 Å². The van der Waals surface area contributed by atoms with Crippen LogP contribution >= 0.6 is 0 Å². The van der Waals surface area contributed by atoms with E-state index in [-0.39, 0.29) is 17.4 Å². The Balaban J connectivity index is 2.70. The molecule has 0 fully saturated rings. The predicted octanol–water partition coefficient (Wildman–Crippen LogP) is 3.31. The number of hydrogen-bond acceptors (Lipinski definition) is 2. The molecule has 0 aromatic heterocycles. The first-order valence-corrected chi connectivity index (χ1v) is 6.26. The lowest BCUT2D eigenvalue weighted by Gasteiger charge is -2.21. The van der Waals surface area contributed by atoms with E-state index in [0.717, 1.165) is 11.3 Å². The maximum atomic E-state index is 11.9. The maximum absolute atomic E-state index is 11.9. The number of para-hydroxylation sites is 1. The molecule has 1 atom stereocenters. The number of nitrogens with one attached hydrogen (secondary N) is 1. The molecule has 1 rings (SSSR count). The maximum Gasteiger partial charge on any atom is 0.220 e. The fourth-order valence-electron chi connectivity index (χ4n) is 1.88. The van der Waals surface area contributed by atoms with Crippen LogP contribution in [0.3, 0.4) is 0 Å². The summed E-state index contributed by atoms with van der Waals surface area (Å²) in [4.78, 5) is 11.9. The Kier molecular flexibility index (Phi) is 4.76. The molecule has 0 aliphatic heterocycles. The van der Waals surface area contributed by atoms with E-state index in [2.05, 4.69) is 26.1 Å². The molecular weight excluding hydrogens is 226 g/mol. The van der Waals surface area contributed by atoms with Crippen molar-refractivity contribution in [3.63, 3.8) is 0 Å². The number of benzene rings is 1. The van der Waals surface area contributed by atoms with Crippen molar-refractivity contribution < 1.29 is 9.53 Å². The predicted molar refractivity (Wildman–Crippen MR) is 73.6 cm³/mol. The van der Waals surface area contributed by atoms with Gasteiger partial charge >= 0.3 is 0 Å². The molecule has 1 aromatic carbocycles. The van der Waals surface area contributed by atoms with Crippen LogP contribution in [0.25, 0.3) is 0 Å². The van der Waals surface area contributed by atoms with Crippen LogP contribution in [0.1, 0.15) is 45.7 Å². The average Bonchev–Trinajstić information content (AvgIpc) is 2.26. The molecule has 0 aliphatic rings. The number of methoxy groups -OCH3 is 1. The smallest absolute Gasteiger partial charge is 0.220 e. The Morgan fingerprint density at radius 2 is 1.94 bits per heavy atom. The van der Waals surface area contributed by atoms with Gasteiger partial charge in [0.05, 0.1) is 13.2 Å². The van der Waals surface area contributed by atoms with E-state index in [1.807, 2.05) is 31.2 Å². The zero-order valence-corrected chi connectivity index (χ0v) is 11.9. The Labute approximate surface area is 110 Å². The largest absolute Gasteiger partial charge is 0.496 e. The summed E-state index contributed by atoms with van der Waals surface area (Å²) in [6.07, 6.45) is 0.520. The van der Waals surface area contributed by atoms with Crippen LogP contribution in [-0.4, -0.2) is 13.0 Å². The van der Waals surface area contributed by atoms with Gasteiger partial charge in [-0.3, -0.25) is 4.79 Å². The van der Waals surface area contributed by atoms with Gasteiger partial charge in [0.25, 0.3) is 0 Å². The van der Waals surface area contributed by atoms with E-state index in [0.29, 0.717) is 6.42 Å². The normalized spacial score (nSPS) is 12.9. The summed E-state index contributed by atoms with van der Waals surface area (Å²) in [6, 6.07) is 7.70. The Morgan fingerprint density at radius 1 is 1.33 bits per heavy atom. The van der Waals surface area contributed by atoms with Crippen molar-refractivity contribution in [2.24, 2.45) is 5.41 Å². The third kappa shape index (κ3) is 4.40. The summed E-state index contributed by atoms with van der Waals surface area (Å²) in [5.41, 5.74) is 1.01. The minimum absolute atomic E-state index is 0.00454. The van der Waals surface area contributed by atoms with Gasteiger partial charge < -0.3 is 10.1 Å². The van der Waals surface area contributed by atoms with Crippen LogP contribution in [0.5, 0.6) is 5.75 Å². The monoisotopic (exact) mass is 249 g/mol. The fourth-order valence-corrected chi connectivity index (χ4v) is 1.88. The van der Waals surface area contributed by atoms with Crippen molar-refractivity contribution in [2.45, 2.75) is 40.2 Å². The van der Waals surface area contributed by atoms with Crippen LogP contribution < -0.4 is 10.1 Å². The minimum atomic E-state index is -0.0454. The molecule has 0 bridgehead atoms. The fraction of sp³-hybridized carbons (Fsp3) is 0.533. The van der Waals surface area contributed by atoms with Crippen molar-refractivity contribution in [3.8, 4) is 5.75 Å². The molecule has 0 heterocycles. The first kappa shape index (κ1) is 14.6. The molecule has 18 heavy (non-hydrogen) atoms. The van der Waals surface area contributed by atoms with E-state index in [1.54, 1.807) is 7.11 Å². The second-order valence-electron chi connectivity index (χ2n) is 5.77. The number of rotatable bonds is 4. The van der Waals surface area contributed by atoms with E-state index >= 15 is 0 Å². The molecule has 1 aromatic rings. The third-order valence-electron chi connectivity index (χ3n) is 2.67. The van der Waals surface area contributed by atoms with Crippen molar-refractivity contribution in [3.05, 3.63) is 29.8 Å². The quantitative estimate of drug-likeness (QED) is 0.889. The highest BCUT2D eigenvalue weighted by molar-refractivity contribution is 5.77.